The molecule has 0 aliphatic rings. The smallest absolute Gasteiger partial charge is 0.250 e. The quantitative estimate of drug-likeness (QED) is 0.338. The van der Waals surface area contributed by atoms with E-state index in [1.165, 1.54) is 6.33 Å². The van der Waals surface area contributed by atoms with Crippen LogP contribution in [0.1, 0.15) is 15.9 Å². The van der Waals surface area contributed by atoms with Crippen molar-refractivity contribution in [2.24, 2.45) is 5.73 Å². The number of ether oxygens (including phenoxy) is 1. The number of benzene rings is 2. The number of nitrogens with zero attached hydrogens (tertiary/aromatic N) is 3. The summed E-state index contributed by atoms with van der Waals surface area (Å²) in [6, 6.07) is 12.9. The Morgan fingerprint density at radius 3 is 2.58 bits per heavy atom. The molecule has 3 aromatic rings. The summed E-state index contributed by atoms with van der Waals surface area (Å²) in [7, 11) is 0. The molecule has 1 heterocycles. The van der Waals surface area contributed by atoms with Crippen LogP contribution in [0.3, 0.4) is 0 Å². The lowest BCUT2D eigenvalue weighted by Crippen LogP contribution is -2.33. The van der Waals surface area contributed by atoms with Gasteiger partial charge < -0.3 is 26.0 Å². The van der Waals surface area contributed by atoms with Crippen LogP contribution in [0.25, 0.3) is 10.9 Å². The van der Waals surface area contributed by atoms with Crippen molar-refractivity contribution in [3.8, 4) is 5.75 Å². The Labute approximate surface area is 180 Å². The Morgan fingerprint density at radius 2 is 1.84 bits per heavy atom. The Hall–Kier alpha value is -3.27. The molecule has 0 fully saturated rings. The third-order valence-corrected chi connectivity index (χ3v) is 4.80. The van der Waals surface area contributed by atoms with Gasteiger partial charge in [0.1, 0.15) is 24.5 Å². The summed E-state index contributed by atoms with van der Waals surface area (Å²) >= 11 is 0. The summed E-state index contributed by atoms with van der Waals surface area (Å²) < 4.78 is 5.82. The first-order valence-corrected chi connectivity index (χ1v) is 10.1. The summed E-state index contributed by atoms with van der Waals surface area (Å²) in [6.45, 7) is 2.64. The number of carbonyl (C=O) groups is 1. The largest absolute Gasteiger partial charge is 0.492 e. The molecule has 0 bridgehead atoms. The van der Waals surface area contributed by atoms with Crippen LogP contribution in [-0.4, -0.2) is 70.4 Å². The van der Waals surface area contributed by atoms with E-state index in [2.05, 4.69) is 15.3 Å². The first kappa shape index (κ1) is 22.4. The van der Waals surface area contributed by atoms with Crippen LogP contribution in [0, 0.1) is 0 Å². The number of fused-ring (bicyclic) bond motifs is 1. The second-order valence-electron chi connectivity index (χ2n) is 6.93. The van der Waals surface area contributed by atoms with Crippen molar-refractivity contribution in [3.05, 3.63) is 59.9 Å². The zero-order valence-corrected chi connectivity index (χ0v) is 17.2. The number of hydrogen-bond donors (Lipinski definition) is 4. The zero-order valence-electron chi connectivity index (χ0n) is 17.2. The number of nitrogens with two attached hydrogens (primary N) is 1. The molecular weight excluding hydrogens is 398 g/mol. The number of primary amides is 1. The predicted molar refractivity (Wildman–Crippen MR) is 118 cm³/mol. The molecule has 5 N–H and O–H groups in total. The van der Waals surface area contributed by atoms with Gasteiger partial charge in [0.05, 0.1) is 24.3 Å². The second kappa shape index (κ2) is 11.2. The van der Waals surface area contributed by atoms with Crippen LogP contribution < -0.4 is 15.8 Å². The van der Waals surface area contributed by atoms with Crippen molar-refractivity contribution in [2.75, 3.05) is 44.8 Å². The van der Waals surface area contributed by atoms with Gasteiger partial charge in [-0.3, -0.25) is 9.69 Å². The van der Waals surface area contributed by atoms with Gasteiger partial charge in [0.25, 0.3) is 5.91 Å². The standard InChI is InChI=1S/C22H27N5O4/c23-21(30)18-5-2-6-19-20(18)25-15-26-22(19)24-14-16-3-1-4-17(13-16)31-12-9-27(7-10-28)8-11-29/h1-6,13,15,28-29H,7-12,14H2,(H2,23,30)(H,24,25,26). The molecule has 0 radical (unpaired) electrons. The van der Waals surface area contributed by atoms with Gasteiger partial charge in [0.2, 0.25) is 0 Å². The van der Waals surface area contributed by atoms with Crippen molar-refractivity contribution in [2.45, 2.75) is 6.54 Å². The minimum atomic E-state index is -0.531. The third-order valence-electron chi connectivity index (χ3n) is 4.80. The van der Waals surface area contributed by atoms with Crippen LogP contribution in [0.15, 0.2) is 48.8 Å². The number of aliphatic hydroxyl groups is 2. The minimum absolute atomic E-state index is 0.0415. The fraction of sp³-hybridized carbons (Fsp3) is 0.318. The lowest BCUT2D eigenvalue weighted by atomic mass is 10.1. The van der Waals surface area contributed by atoms with E-state index < -0.39 is 5.91 Å². The molecular formula is C22H27N5O4. The van der Waals surface area contributed by atoms with E-state index in [0.29, 0.717) is 49.7 Å². The highest BCUT2D eigenvalue weighted by Crippen LogP contribution is 2.23. The molecule has 0 saturated carbocycles. The van der Waals surface area contributed by atoms with Crippen LogP contribution in [0.4, 0.5) is 5.82 Å². The molecule has 1 amide bonds. The van der Waals surface area contributed by atoms with Crippen LogP contribution in [0.2, 0.25) is 0 Å². The summed E-state index contributed by atoms with van der Waals surface area (Å²) in [5, 5.41) is 22.2. The van der Waals surface area contributed by atoms with Crippen molar-refractivity contribution < 1.29 is 19.7 Å². The Kier molecular flexibility index (Phi) is 8.11. The van der Waals surface area contributed by atoms with Gasteiger partial charge in [0.15, 0.2) is 0 Å². The monoisotopic (exact) mass is 425 g/mol. The SMILES string of the molecule is NC(=O)c1cccc2c(NCc3cccc(OCCN(CCO)CCO)c3)ncnc12. The molecule has 0 unspecified atom stereocenters. The van der Waals surface area contributed by atoms with Crippen LogP contribution >= 0.6 is 0 Å². The molecule has 0 aliphatic heterocycles. The second-order valence-corrected chi connectivity index (χ2v) is 6.93. The highest BCUT2D eigenvalue weighted by molar-refractivity contribution is 6.06. The molecule has 164 valence electrons. The molecule has 0 saturated heterocycles. The van der Waals surface area contributed by atoms with Crippen LogP contribution in [-0.2, 0) is 6.54 Å². The molecule has 31 heavy (non-hydrogen) atoms. The van der Waals surface area contributed by atoms with Crippen molar-refractivity contribution >= 4 is 22.6 Å². The molecule has 0 aliphatic carbocycles. The first-order chi connectivity index (χ1) is 15.1. The maximum absolute atomic E-state index is 11.6. The highest BCUT2D eigenvalue weighted by Gasteiger charge is 2.11. The van der Waals surface area contributed by atoms with Crippen molar-refractivity contribution in [3.63, 3.8) is 0 Å². The van der Waals surface area contributed by atoms with Crippen molar-refractivity contribution in [1.82, 2.24) is 14.9 Å². The Bertz CT molecular complexity index is 1010. The number of para-hydroxylation sites is 1. The lowest BCUT2D eigenvalue weighted by Gasteiger charge is -2.20. The molecule has 2 aromatic carbocycles. The fourth-order valence-electron chi connectivity index (χ4n) is 3.27. The molecule has 9 nitrogen and oxygen atoms in total. The van der Waals surface area contributed by atoms with E-state index in [0.717, 1.165) is 16.7 Å². The number of amides is 1. The van der Waals surface area contributed by atoms with Gasteiger partial charge >= 0.3 is 0 Å². The van der Waals surface area contributed by atoms with Gasteiger partial charge in [-0.25, -0.2) is 9.97 Å². The number of rotatable bonds is 12. The number of carbonyl (C=O) groups excluding carboxylic acids is 1. The average Bonchev–Trinajstić information content (AvgIpc) is 2.77. The number of aliphatic hydroxyl groups excluding tert-OH is 2. The Balaban J connectivity index is 1.63. The molecule has 0 spiro atoms. The van der Waals surface area contributed by atoms with E-state index in [9.17, 15) is 4.79 Å². The first-order valence-electron chi connectivity index (χ1n) is 10.1. The normalized spacial score (nSPS) is 11.1. The molecule has 3 rings (SSSR count). The minimum Gasteiger partial charge on any atom is -0.492 e. The Morgan fingerprint density at radius 1 is 1.06 bits per heavy atom. The maximum atomic E-state index is 11.6. The molecule has 9 heteroatoms. The van der Waals surface area contributed by atoms with E-state index in [4.69, 9.17) is 20.7 Å². The number of hydrogen-bond acceptors (Lipinski definition) is 8. The third kappa shape index (κ3) is 6.11. The van der Waals surface area contributed by atoms with Gasteiger partial charge in [-0.15, -0.1) is 0 Å². The van der Waals surface area contributed by atoms with E-state index in [1.54, 1.807) is 12.1 Å². The fourth-order valence-corrected chi connectivity index (χ4v) is 3.27. The molecule has 0 atom stereocenters. The summed E-state index contributed by atoms with van der Waals surface area (Å²) in [4.78, 5) is 22.1. The predicted octanol–water partition coefficient (Wildman–Crippen LogP) is 1.01. The number of anilines is 1. The van der Waals surface area contributed by atoms with Gasteiger partial charge in [0, 0.05) is 31.6 Å². The lowest BCUT2D eigenvalue weighted by molar-refractivity contribution is 0.100. The number of aromatic nitrogens is 2. The maximum Gasteiger partial charge on any atom is 0.250 e. The topological polar surface area (TPSA) is 134 Å². The summed E-state index contributed by atoms with van der Waals surface area (Å²) in [5.41, 5.74) is 7.31. The van der Waals surface area contributed by atoms with Gasteiger partial charge in [-0.1, -0.05) is 18.2 Å². The van der Waals surface area contributed by atoms with Gasteiger partial charge in [-0.2, -0.15) is 0 Å². The van der Waals surface area contributed by atoms with E-state index in [1.807, 2.05) is 35.2 Å². The van der Waals surface area contributed by atoms with Crippen LogP contribution in [0.5, 0.6) is 5.75 Å². The highest BCUT2D eigenvalue weighted by atomic mass is 16.5. The average molecular weight is 425 g/mol. The van der Waals surface area contributed by atoms with E-state index in [-0.39, 0.29) is 13.2 Å². The number of nitrogens with one attached hydrogen (secondary N) is 1. The van der Waals surface area contributed by atoms with Gasteiger partial charge in [-0.05, 0) is 29.8 Å². The molecule has 1 aromatic heterocycles. The van der Waals surface area contributed by atoms with Crippen molar-refractivity contribution in [1.29, 1.82) is 0 Å². The van der Waals surface area contributed by atoms with E-state index >= 15 is 0 Å². The summed E-state index contributed by atoms with van der Waals surface area (Å²) in [5.74, 6) is 0.815. The summed E-state index contributed by atoms with van der Waals surface area (Å²) in [6.07, 6.45) is 1.40. The zero-order chi connectivity index (χ0) is 22.1.